The summed E-state index contributed by atoms with van der Waals surface area (Å²) in [6.45, 7) is 7.64. The average molecular weight is 402 g/mol. The van der Waals surface area contributed by atoms with E-state index in [9.17, 15) is 9.59 Å². The van der Waals surface area contributed by atoms with Crippen molar-refractivity contribution in [2.45, 2.75) is 13.3 Å². The number of amides is 1. The van der Waals surface area contributed by atoms with Crippen LogP contribution in [-0.2, 0) is 14.3 Å². The molecular weight excluding hydrogens is 372 g/mol. The third-order valence-corrected chi connectivity index (χ3v) is 5.37. The van der Waals surface area contributed by atoms with E-state index in [1.54, 1.807) is 0 Å². The van der Waals surface area contributed by atoms with Gasteiger partial charge in [-0.3, -0.25) is 9.69 Å². The molecule has 0 bridgehead atoms. The van der Waals surface area contributed by atoms with Crippen molar-refractivity contribution in [3.05, 3.63) is 35.5 Å². The number of rotatable bonds is 8. The van der Waals surface area contributed by atoms with Gasteiger partial charge >= 0.3 is 5.97 Å². The third kappa shape index (κ3) is 4.89. The Bertz CT molecular complexity index is 754. The van der Waals surface area contributed by atoms with Crippen molar-refractivity contribution in [3.8, 4) is 0 Å². The van der Waals surface area contributed by atoms with Gasteiger partial charge in [-0.05, 0) is 37.2 Å². The van der Waals surface area contributed by atoms with Crippen molar-refractivity contribution in [2.24, 2.45) is 0 Å². The van der Waals surface area contributed by atoms with Gasteiger partial charge in [-0.1, -0.05) is 6.92 Å². The first-order valence-electron chi connectivity index (χ1n) is 10.1. The van der Waals surface area contributed by atoms with Gasteiger partial charge < -0.3 is 25.0 Å². The zero-order valence-electron chi connectivity index (χ0n) is 17.2. The standard InChI is InChI=1S/C21H30N4O4/c1-3-8-23-9-11-24(12-10-23)17-6-4-16(5-7-17)22-19-18(21(28)29-2)15-25(13-14-26)20(19)27/h4-7,22,26H,3,8-15H2,1-2H3. The van der Waals surface area contributed by atoms with E-state index in [1.807, 2.05) is 24.3 Å². The van der Waals surface area contributed by atoms with Crippen LogP contribution in [-0.4, -0.2) is 86.3 Å². The number of esters is 1. The first kappa shape index (κ1) is 21.1. The molecule has 8 heteroatoms. The Kier molecular flexibility index (Phi) is 7.11. The van der Waals surface area contributed by atoms with E-state index in [4.69, 9.17) is 9.84 Å². The molecule has 1 saturated heterocycles. The molecule has 2 N–H and O–H groups in total. The number of hydrogen-bond donors (Lipinski definition) is 2. The second-order valence-electron chi connectivity index (χ2n) is 7.30. The first-order chi connectivity index (χ1) is 14.1. The lowest BCUT2D eigenvalue weighted by Gasteiger charge is -2.36. The van der Waals surface area contributed by atoms with Crippen LogP contribution in [0.15, 0.2) is 35.5 Å². The van der Waals surface area contributed by atoms with E-state index in [0.717, 1.165) is 44.1 Å². The maximum absolute atomic E-state index is 12.6. The lowest BCUT2D eigenvalue weighted by atomic mass is 10.2. The normalized spacial score (nSPS) is 17.8. The molecule has 0 atom stereocenters. The minimum Gasteiger partial charge on any atom is -0.466 e. The van der Waals surface area contributed by atoms with E-state index < -0.39 is 5.97 Å². The van der Waals surface area contributed by atoms with E-state index in [-0.39, 0.29) is 36.9 Å². The van der Waals surface area contributed by atoms with Crippen molar-refractivity contribution < 1.29 is 19.4 Å². The molecule has 2 aliphatic heterocycles. The summed E-state index contributed by atoms with van der Waals surface area (Å²) in [4.78, 5) is 30.9. The second kappa shape index (κ2) is 9.76. The summed E-state index contributed by atoms with van der Waals surface area (Å²) >= 11 is 0. The monoisotopic (exact) mass is 402 g/mol. The molecule has 1 aromatic rings. The Morgan fingerprint density at radius 3 is 2.41 bits per heavy atom. The number of hydrogen-bond acceptors (Lipinski definition) is 7. The molecule has 0 unspecified atom stereocenters. The highest BCUT2D eigenvalue weighted by Gasteiger charge is 2.34. The molecule has 2 aliphatic rings. The molecule has 0 spiro atoms. The van der Waals surface area contributed by atoms with Crippen LogP contribution in [0.4, 0.5) is 11.4 Å². The fourth-order valence-corrected chi connectivity index (χ4v) is 3.79. The van der Waals surface area contributed by atoms with E-state index in [1.165, 1.54) is 18.4 Å². The van der Waals surface area contributed by atoms with E-state index in [2.05, 4.69) is 22.0 Å². The number of nitrogens with one attached hydrogen (secondary N) is 1. The van der Waals surface area contributed by atoms with Gasteiger partial charge in [-0.25, -0.2) is 4.79 Å². The molecule has 29 heavy (non-hydrogen) atoms. The Morgan fingerprint density at radius 2 is 1.83 bits per heavy atom. The molecule has 0 radical (unpaired) electrons. The molecule has 158 valence electrons. The van der Waals surface area contributed by atoms with Crippen molar-refractivity contribution >= 4 is 23.3 Å². The molecule has 3 rings (SSSR count). The number of carbonyl (C=O) groups is 2. The molecule has 1 amide bonds. The lowest BCUT2D eigenvalue weighted by Crippen LogP contribution is -2.46. The van der Waals surface area contributed by atoms with Gasteiger partial charge in [0.15, 0.2) is 0 Å². The highest BCUT2D eigenvalue weighted by atomic mass is 16.5. The van der Waals surface area contributed by atoms with Gasteiger partial charge in [0, 0.05) is 44.1 Å². The van der Waals surface area contributed by atoms with Crippen LogP contribution in [0.25, 0.3) is 0 Å². The maximum atomic E-state index is 12.6. The van der Waals surface area contributed by atoms with Crippen molar-refractivity contribution in [3.63, 3.8) is 0 Å². The number of ether oxygens (including phenoxy) is 1. The number of piperazine rings is 1. The van der Waals surface area contributed by atoms with Gasteiger partial charge in [0.1, 0.15) is 5.70 Å². The zero-order valence-corrected chi connectivity index (χ0v) is 17.2. The summed E-state index contributed by atoms with van der Waals surface area (Å²) in [7, 11) is 1.29. The van der Waals surface area contributed by atoms with Gasteiger partial charge in [-0.2, -0.15) is 0 Å². The topological polar surface area (TPSA) is 85.3 Å². The van der Waals surface area contributed by atoms with Gasteiger partial charge in [0.2, 0.25) is 0 Å². The highest BCUT2D eigenvalue weighted by molar-refractivity contribution is 6.08. The fraction of sp³-hybridized carbons (Fsp3) is 0.524. The average Bonchev–Trinajstić information content (AvgIpc) is 3.05. The number of β-amino-alcohol motifs (C(OH)–C–C–N with tert-alkyl or cyclic N) is 1. The number of methoxy groups -OCH3 is 1. The van der Waals surface area contributed by atoms with Crippen LogP contribution in [0.5, 0.6) is 0 Å². The highest BCUT2D eigenvalue weighted by Crippen LogP contribution is 2.25. The minimum absolute atomic E-state index is 0.133. The number of anilines is 2. The minimum atomic E-state index is -0.539. The van der Waals surface area contributed by atoms with Crippen LogP contribution in [0, 0.1) is 0 Å². The molecule has 1 fully saturated rings. The predicted octanol–water partition coefficient (Wildman–Crippen LogP) is 0.892. The van der Waals surface area contributed by atoms with Crippen LogP contribution in [0.3, 0.4) is 0 Å². The number of benzene rings is 1. The molecular formula is C21H30N4O4. The van der Waals surface area contributed by atoms with Gasteiger partial charge in [0.05, 0.1) is 25.8 Å². The van der Waals surface area contributed by atoms with E-state index in [0.29, 0.717) is 0 Å². The van der Waals surface area contributed by atoms with Crippen molar-refractivity contribution in [2.75, 3.05) is 69.7 Å². The van der Waals surface area contributed by atoms with Crippen molar-refractivity contribution in [1.29, 1.82) is 0 Å². The Morgan fingerprint density at radius 1 is 1.14 bits per heavy atom. The SMILES string of the molecule is CCCN1CCN(c2ccc(NC3=C(C(=O)OC)CN(CCO)C3=O)cc2)CC1. The van der Waals surface area contributed by atoms with E-state index >= 15 is 0 Å². The van der Waals surface area contributed by atoms with Crippen LogP contribution in [0.2, 0.25) is 0 Å². The van der Waals surface area contributed by atoms with Crippen LogP contribution in [0.1, 0.15) is 13.3 Å². The number of carbonyl (C=O) groups excluding carboxylic acids is 2. The van der Waals surface area contributed by atoms with Gasteiger partial charge in [0.25, 0.3) is 5.91 Å². The molecule has 1 aromatic carbocycles. The maximum Gasteiger partial charge on any atom is 0.337 e. The quantitative estimate of drug-likeness (QED) is 0.625. The number of aliphatic hydroxyl groups excluding tert-OH is 1. The number of aliphatic hydroxyl groups is 1. The second-order valence-corrected chi connectivity index (χ2v) is 7.30. The summed E-state index contributed by atoms with van der Waals surface area (Å²) in [5, 5.41) is 12.2. The summed E-state index contributed by atoms with van der Waals surface area (Å²) < 4.78 is 4.81. The first-order valence-corrected chi connectivity index (χ1v) is 10.1. The van der Waals surface area contributed by atoms with Crippen LogP contribution >= 0.6 is 0 Å². The summed E-state index contributed by atoms with van der Waals surface area (Å²) in [6, 6.07) is 7.89. The molecule has 0 aliphatic carbocycles. The molecule has 0 aromatic heterocycles. The predicted molar refractivity (Wildman–Crippen MR) is 112 cm³/mol. The molecule has 0 saturated carbocycles. The lowest BCUT2D eigenvalue weighted by molar-refractivity contribution is -0.136. The summed E-state index contributed by atoms with van der Waals surface area (Å²) in [5.41, 5.74) is 2.37. The van der Waals surface area contributed by atoms with Crippen LogP contribution < -0.4 is 10.2 Å². The zero-order chi connectivity index (χ0) is 20.8. The largest absolute Gasteiger partial charge is 0.466 e. The Labute approximate surface area is 171 Å². The third-order valence-electron chi connectivity index (χ3n) is 5.37. The summed E-state index contributed by atoms with van der Waals surface area (Å²) in [5.74, 6) is -0.849. The Balaban J connectivity index is 1.68. The smallest absolute Gasteiger partial charge is 0.337 e. The van der Waals surface area contributed by atoms with Gasteiger partial charge in [-0.15, -0.1) is 0 Å². The molecule has 8 nitrogen and oxygen atoms in total. The van der Waals surface area contributed by atoms with Crippen molar-refractivity contribution in [1.82, 2.24) is 9.80 Å². The summed E-state index contributed by atoms with van der Waals surface area (Å²) in [6.07, 6.45) is 1.18. The number of nitrogens with zero attached hydrogens (tertiary/aromatic N) is 3. The molecule has 2 heterocycles. The fourth-order valence-electron chi connectivity index (χ4n) is 3.79. The Hall–Kier alpha value is -2.58.